The van der Waals surface area contributed by atoms with Crippen LogP contribution in [0.4, 0.5) is 0 Å². The molecule has 0 saturated carbocycles. The van der Waals surface area contributed by atoms with Gasteiger partial charge in [0.15, 0.2) is 0 Å². The van der Waals surface area contributed by atoms with Crippen molar-refractivity contribution in [1.82, 2.24) is 9.97 Å². The number of fused-ring (bicyclic) bond motifs is 1. The predicted molar refractivity (Wildman–Crippen MR) is 140 cm³/mol. The van der Waals surface area contributed by atoms with Crippen LogP contribution in [0, 0.1) is 27.7 Å². The molecule has 0 saturated heterocycles. The monoisotopic (exact) mass is 452 g/mol. The Hall–Kier alpha value is -2.23. The molecule has 0 aliphatic heterocycles. The number of hydrogen-bond donors (Lipinski definition) is 1. The molecule has 0 amide bonds. The second-order valence-corrected chi connectivity index (χ2v) is 8.67. The number of halogens is 1. The van der Waals surface area contributed by atoms with Crippen LogP contribution < -0.4 is 0 Å². The summed E-state index contributed by atoms with van der Waals surface area (Å²) in [6.07, 6.45) is 0.758. The van der Waals surface area contributed by atoms with Crippen molar-refractivity contribution >= 4 is 28.1 Å². The first-order chi connectivity index (χ1) is 15.1. The summed E-state index contributed by atoms with van der Waals surface area (Å²) in [6, 6.07) is 4.32. The molecule has 0 spiro atoms. The van der Waals surface area contributed by atoms with Crippen LogP contribution in [0.1, 0.15) is 80.9 Å². The van der Waals surface area contributed by atoms with Gasteiger partial charge in [0.1, 0.15) is 5.82 Å². The number of aromatic nitrogens is 2. The van der Waals surface area contributed by atoms with Crippen molar-refractivity contribution in [2.24, 2.45) is 0 Å². The van der Waals surface area contributed by atoms with Gasteiger partial charge < -0.3 is 5.11 Å². The predicted octanol–water partition coefficient (Wildman–Crippen LogP) is 8.08. The molecule has 1 heterocycles. The van der Waals surface area contributed by atoms with Crippen molar-refractivity contribution in [2.45, 2.75) is 82.3 Å². The fraction of sp³-hybridized carbons (Fsp3) is 0.429. The molecular weight excluding hydrogens is 416 g/mol. The van der Waals surface area contributed by atoms with Crippen LogP contribution in [-0.4, -0.2) is 15.1 Å². The van der Waals surface area contributed by atoms with Crippen molar-refractivity contribution in [1.29, 1.82) is 0 Å². The molecule has 0 fully saturated rings. The van der Waals surface area contributed by atoms with Crippen LogP contribution in [0.5, 0.6) is 0 Å². The summed E-state index contributed by atoms with van der Waals surface area (Å²) in [5, 5.41) is 11.9. The van der Waals surface area contributed by atoms with Gasteiger partial charge in [0, 0.05) is 16.6 Å². The number of nitrogens with zero attached hydrogens (tertiary/aromatic N) is 2. The molecule has 3 aromatic rings. The quantitative estimate of drug-likeness (QED) is 0.435. The van der Waals surface area contributed by atoms with Gasteiger partial charge in [-0.25, -0.2) is 9.97 Å². The van der Waals surface area contributed by atoms with Gasteiger partial charge in [-0.1, -0.05) is 50.1 Å². The van der Waals surface area contributed by atoms with Crippen LogP contribution in [-0.2, 0) is 13.0 Å². The van der Waals surface area contributed by atoms with Crippen molar-refractivity contribution in [2.75, 3.05) is 0 Å². The van der Waals surface area contributed by atoms with Gasteiger partial charge in [-0.2, -0.15) is 0 Å². The highest BCUT2D eigenvalue weighted by Crippen LogP contribution is 2.44. The Labute approximate surface area is 198 Å². The van der Waals surface area contributed by atoms with Gasteiger partial charge in [0.25, 0.3) is 0 Å². The Bertz CT molecular complexity index is 1190. The Kier molecular flexibility index (Phi) is 8.61. The Morgan fingerprint density at radius 1 is 0.969 bits per heavy atom. The third kappa shape index (κ3) is 4.46. The molecule has 0 radical (unpaired) electrons. The standard InChI is InChI=1S/C26H31ClN2O.C2H6/c1-9-19-21(12-30)23-17(7)28-18(8)29-26(23)25(27)24(19)20-11-10-14(4)16(6)22(20)15(5)13(2)3;1-2/h10-11,30H,9,12H2,1-8H3;1-2H3. The molecule has 4 heteroatoms. The highest BCUT2D eigenvalue weighted by molar-refractivity contribution is 6.38. The summed E-state index contributed by atoms with van der Waals surface area (Å²) in [7, 11) is 0. The molecular formula is C28H37ClN2O. The number of benzene rings is 2. The van der Waals surface area contributed by atoms with E-state index in [9.17, 15) is 5.11 Å². The lowest BCUT2D eigenvalue weighted by Crippen LogP contribution is -2.06. The van der Waals surface area contributed by atoms with E-state index in [1.807, 2.05) is 27.7 Å². The highest BCUT2D eigenvalue weighted by atomic mass is 35.5. The molecule has 3 rings (SSSR count). The Morgan fingerprint density at radius 2 is 1.59 bits per heavy atom. The van der Waals surface area contributed by atoms with Crippen LogP contribution in [0.3, 0.4) is 0 Å². The molecule has 2 aromatic carbocycles. The minimum Gasteiger partial charge on any atom is -0.392 e. The molecule has 172 valence electrons. The van der Waals surface area contributed by atoms with Crippen LogP contribution in [0.15, 0.2) is 17.7 Å². The summed E-state index contributed by atoms with van der Waals surface area (Å²) >= 11 is 7.09. The Balaban J connectivity index is 0.00000176. The van der Waals surface area contributed by atoms with Gasteiger partial charge in [-0.15, -0.1) is 0 Å². The molecule has 3 nitrogen and oxygen atoms in total. The zero-order chi connectivity index (χ0) is 24.3. The van der Waals surface area contributed by atoms with Gasteiger partial charge in [-0.05, 0) is 93.8 Å². The average molecular weight is 453 g/mol. The smallest absolute Gasteiger partial charge is 0.126 e. The molecule has 0 aliphatic carbocycles. The van der Waals surface area contributed by atoms with Gasteiger partial charge in [0.05, 0.1) is 17.1 Å². The molecule has 0 atom stereocenters. The molecule has 32 heavy (non-hydrogen) atoms. The second kappa shape index (κ2) is 10.6. The van der Waals surface area contributed by atoms with E-state index in [-0.39, 0.29) is 6.61 Å². The fourth-order valence-corrected chi connectivity index (χ4v) is 4.74. The van der Waals surface area contributed by atoms with E-state index < -0.39 is 0 Å². The number of aryl methyl sites for hydroxylation is 3. The lowest BCUT2D eigenvalue weighted by molar-refractivity contribution is 0.282. The zero-order valence-corrected chi connectivity index (χ0v) is 22.0. The van der Waals surface area contributed by atoms with Crippen LogP contribution in [0.25, 0.3) is 27.6 Å². The average Bonchev–Trinajstić information content (AvgIpc) is 2.76. The first kappa shape index (κ1) is 26.0. The molecule has 0 unspecified atom stereocenters. The SMILES string of the molecule is CC.CCc1c(-c2ccc(C)c(C)c2C(C)=C(C)C)c(Cl)c2nc(C)nc(C)c2c1CO. The summed E-state index contributed by atoms with van der Waals surface area (Å²) in [5.41, 5.74) is 11.8. The normalized spacial score (nSPS) is 10.8. The summed E-state index contributed by atoms with van der Waals surface area (Å²) in [6.45, 7) is 20.6. The van der Waals surface area contributed by atoms with Crippen molar-refractivity contribution in [3.8, 4) is 11.1 Å². The van der Waals surface area contributed by atoms with Crippen molar-refractivity contribution < 1.29 is 5.11 Å². The van der Waals surface area contributed by atoms with E-state index in [1.54, 1.807) is 0 Å². The first-order valence-electron chi connectivity index (χ1n) is 11.5. The zero-order valence-electron chi connectivity index (χ0n) is 21.3. The van der Waals surface area contributed by atoms with Crippen molar-refractivity contribution in [3.05, 3.63) is 62.1 Å². The number of rotatable bonds is 4. The number of hydrogen-bond acceptors (Lipinski definition) is 3. The lowest BCUT2D eigenvalue weighted by atomic mass is 9.83. The number of aliphatic hydroxyl groups is 1. The minimum atomic E-state index is -0.0705. The van der Waals surface area contributed by atoms with Gasteiger partial charge in [0.2, 0.25) is 0 Å². The maximum atomic E-state index is 10.4. The van der Waals surface area contributed by atoms with E-state index in [2.05, 4.69) is 63.6 Å². The maximum Gasteiger partial charge on any atom is 0.126 e. The van der Waals surface area contributed by atoms with Gasteiger partial charge >= 0.3 is 0 Å². The molecule has 1 N–H and O–H groups in total. The summed E-state index contributed by atoms with van der Waals surface area (Å²) in [4.78, 5) is 9.23. The van der Waals surface area contributed by atoms with Crippen LogP contribution in [0.2, 0.25) is 5.02 Å². The van der Waals surface area contributed by atoms with E-state index >= 15 is 0 Å². The summed E-state index contributed by atoms with van der Waals surface area (Å²) < 4.78 is 0. The topological polar surface area (TPSA) is 46.0 Å². The van der Waals surface area contributed by atoms with E-state index in [0.29, 0.717) is 10.8 Å². The van der Waals surface area contributed by atoms with Crippen molar-refractivity contribution in [3.63, 3.8) is 0 Å². The lowest BCUT2D eigenvalue weighted by Gasteiger charge is -2.23. The van der Waals surface area contributed by atoms with Gasteiger partial charge in [-0.3, -0.25) is 0 Å². The maximum absolute atomic E-state index is 10.4. The number of aliphatic hydroxyl groups excluding tert-OH is 1. The fourth-order valence-electron chi connectivity index (χ4n) is 4.39. The third-order valence-corrected chi connectivity index (χ3v) is 6.61. The van der Waals surface area contributed by atoms with E-state index in [1.165, 1.54) is 27.8 Å². The van der Waals surface area contributed by atoms with Crippen LogP contribution >= 0.6 is 11.6 Å². The molecule has 0 aliphatic rings. The molecule has 1 aromatic heterocycles. The largest absolute Gasteiger partial charge is 0.392 e. The Morgan fingerprint density at radius 3 is 2.12 bits per heavy atom. The van der Waals surface area contributed by atoms with E-state index in [0.717, 1.165) is 45.3 Å². The van der Waals surface area contributed by atoms with E-state index in [4.69, 9.17) is 11.6 Å². The summed E-state index contributed by atoms with van der Waals surface area (Å²) in [5.74, 6) is 0.682. The first-order valence-corrected chi connectivity index (χ1v) is 11.9. The second-order valence-electron chi connectivity index (χ2n) is 8.29. The number of allylic oxidation sites excluding steroid dienone is 2. The molecule has 0 bridgehead atoms. The highest BCUT2D eigenvalue weighted by Gasteiger charge is 2.24. The third-order valence-electron chi connectivity index (χ3n) is 6.24. The minimum absolute atomic E-state index is 0.0705.